The largest absolute Gasteiger partial charge is 0.320 e. The third kappa shape index (κ3) is 5.87. The van der Waals surface area contributed by atoms with Crippen LogP contribution < -0.4 is 10.6 Å². The van der Waals surface area contributed by atoms with E-state index in [1.165, 1.54) is 58.0 Å². The van der Waals surface area contributed by atoms with Crippen LogP contribution in [0.2, 0.25) is 0 Å². The van der Waals surface area contributed by atoms with Crippen LogP contribution in [0.25, 0.3) is 0 Å². The molecule has 0 aromatic carbocycles. The van der Waals surface area contributed by atoms with Crippen LogP contribution in [0.4, 0.5) is 0 Å². The molecule has 0 spiro atoms. The van der Waals surface area contributed by atoms with Crippen molar-refractivity contribution in [3.63, 3.8) is 0 Å². The summed E-state index contributed by atoms with van der Waals surface area (Å²) in [5.41, 5.74) is 0.490. The number of hydrogen-bond donors (Lipinski definition) is 2. The highest BCUT2D eigenvalue weighted by molar-refractivity contribution is 4.82. The van der Waals surface area contributed by atoms with E-state index >= 15 is 0 Å². The molecule has 0 aliphatic heterocycles. The van der Waals surface area contributed by atoms with Crippen molar-refractivity contribution in [2.75, 3.05) is 26.7 Å². The summed E-state index contributed by atoms with van der Waals surface area (Å²) in [6, 6.07) is 0. The molecule has 1 fully saturated rings. The lowest BCUT2D eigenvalue weighted by Crippen LogP contribution is -2.37. The van der Waals surface area contributed by atoms with Crippen LogP contribution in [-0.4, -0.2) is 26.7 Å². The van der Waals surface area contributed by atoms with Crippen molar-refractivity contribution in [1.82, 2.24) is 10.6 Å². The summed E-state index contributed by atoms with van der Waals surface area (Å²) in [6.45, 7) is 8.41. The molecule has 1 aliphatic carbocycles. The number of nitrogens with one attached hydrogen (secondary N) is 2. The molecule has 2 N–H and O–H groups in total. The first-order valence-electron chi connectivity index (χ1n) is 7.52. The van der Waals surface area contributed by atoms with Gasteiger partial charge in [-0.25, -0.2) is 0 Å². The quantitative estimate of drug-likeness (QED) is 0.637. The van der Waals surface area contributed by atoms with E-state index in [-0.39, 0.29) is 0 Å². The number of unbranched alkanes of at least 4 members (excludes halogenated alkanes) is 1. The zero-order valence-electron chi connectivity index (χ0n) is 12.1. The van der Waals surface area contributed by atoms with Crippen LogP contribution in [0.3, 0.4) is 0 Å². The molecule has 0 amide bonds. The predicted octanol–water partition coefficient (Wildman–Crippen LogP) is 3.18. The Balaban J connectivity index is 2.10. The maximum Gasteiger partial charge on any atom is 0.000517 e. The molecule has 0 atom stereocenters. The molecular formula is C15H32N2. The molecular weight excluding hydrogens is 208 g/mol. The van der Waals surface area contributed by atoms with Crippen molar-refractivity contribution in [2.24, 2.45) is 11.3 Å². The molecule has 0 saturated heterocycles. The Morgan fingerprint density at radius 2 is 1.65 bits per heavy atom. The number of hydrogen-bond acceptors (Lipinski definition) is 2. The molecule has 2 nitrogen and oxygen atoms in total. The summed E-state index contributed by atoms with van der Waals surface area (Å²) >= 11 is 0. The summed E-state index contributed by atoms with van der Waals surface area (Å²) in [6.07, 6.45) is 9.86. The maximum atomic E-state index is 3.65. The van der Waals surface area contributed by atoms with Gasteiger partial charge in [0.25, 0.3) is 0 Å². The fourth-order valence-corrected chi connectivity index (χ4v) is 2.99. The SMILES string of the molecule is CNCCCCNCC(C)(C)C1CCCCC1. The molecule has 1 saturated carbocycles. The van der Waals surface area contributed by atoms with Gasteiger partial charge in [0.15, 0.2) is 0 Å². The Morgan fingerprint density at radius 3 is 2.29 bits per heavy atom. The summed E-state index contributed by atoms with van der Waals surface area (Å²) in [4.78, 5) is 0. The van der Waals surface area contributed by atoms with E-state index in [0.717, 1.165) is 12.5 Å². The first kappa shape index (κ1) is 15.0. The van der Waals surface area contributed by atoms with Gasteiger partial charge in [-0.3, -0.25) is 0 Å². The molecule has 0 heterocycles. The van der Waals surface area contributed by atoms with Gasteiger partial charge in [0.1, 0.15) is 0 Å². The Morgan fingerprint density at radius 1 is 1.00 bits per heavy atom. The number of rotatable bonds is 8. The van der Waals surface area contributed by atoms with E-state index in [1.54, 1.807) is 0 Å². The zero-order chi connectivity index (χ0) is 12.6. The van der Waals surface area contributed by atoms with Crippen molar-refractivity contribution >= 4 is 0 Å². The molecule has 1 aliphatic rings. The van der Waals surface area contributed by atoms with Crippen molar-refractivity contribution in [2.45, 2.75) is 58.8 Å². The molecule has 0 unspecified atom stereocenters. The van der Waals surface area contributed by atoms with E-state index in [9.17, 15) is 0 Å². The monoisotopic (exact) mass is 240 g/mol. The fraction of sp³-hybridized carbons (Fsp3) is 1.00. The van der Waals surface area contributed by atoms with Crippen molar-refractivity contribution in [1.29, 1.82) is 0 Å². The lowest BCUT2D eigenvalue weighted by atomic mass is 9.71. The van der Waals surface area contributed by atoms with E-state index in [1.807, 2.05) is 7.05 Å². The van der Waals surface area contributed by atoms with Crippen LogP contribution in [-0.2, 0) is 0 Å². The summed E-state index contributed by atoms with van der Waals surface area (Å²) in [5.74, 6) is 0.945. The first-order chi connectivity index (χ1) is 8.17. The van der Waals surface area contributed by atoms with Crippen LogP contribution in [0.1, 0.15) is 58.8 Å². The molecule has 0 aromatic heterocycles. The lowest BCUT2D eigenvalue weighted by Gasteiger charge is -2.37. The summed E-state index contributed by atoms with van der Waals surface area (Å²) in [7, 11) is 2.03. The molecule has 2 heteroatoms. The van der Waals surface area contributed by atoms with Crippen molar-refractivity contribution in [3.8, 4) is 0 Å². The molecule has 0 radical (unpaired) electrons. The van der Waals surface area contributed by atoms with Gasteiger partial charge in [0, 0.05) is 6.54 Å². The Kier molecular flexibility index (Phi) is 7.14. The van der Waals surface area contributed by atoms with Gasteiger partial charge < -0.3 is 10.6 Å². The van der Waals surface area contributed by atoms with Gasteiger partial charge in [0.2, 0.25) is 0 Å². The van der Waals surface area contributed by atoms with Gasteiger partial charge in [-0.2, -0.15) is 0 Å². The molecule has 102 valence electrons. The topological polar surface area (TPSA) is 24.1 Å². The third-order valence-corrected chi connectivity index (χ3v) is 4.32. The highest BCUT2D eigenvalue weighted by Gasteiger charge is 2.29. The average molecular weight is 240 g/mol. The average Bonchev–Trinajstić information content (AvgIpc) is 2.35. The highest BCUT2D eigenvalue weighted by Crippen LogP contribution is 2.37. The Labute approximate surface area is 108 Å². The minimum atomic E-state index is 0.490. The molecule has 0 bridgehead atoms. The van der Waals surface area contributed by atoms with Crippen LogP contribution in [0.5, 0.6) is 0 Å². The van der Waals surface area contributed by atoms with Crippen molar-refractivity contribution in [3.05, 3.63) is 0 Å². The van der Waals surface area contributed by atoms with Gasteiger partial charge >= 0.3 is 0 Å². The first-order valence-corrected chi connectivity index (χ1v) is 7.52. The van der Waals surface area contributed by atoms with E-state index in [2.05, 4.69) is 24.5 Å². The van der Waals surface area contributed by atoms with Gasteiger partial charge in [-0.05, 0) is 57.2 Å². The maximum absolute atomic E-state index is 3.65. The van der Waals surface area contributed by atoms with Gasteiger partial charge in [-0.15, -0.1) is 0 Å². The second kappa shape index (κ2) is 8.10. The molecule has 0 aromatic rings. The molecule has 1 rings (SSSR count). The highest BCUT2D eigenvalue weighted by atomic mass is 14.9. The van der Waals surface area contributed by atoms with E-state index in [4.69, 9.17) is 0 Å². The minimum Gasteiger partial charge on any atom is -0.320 e. The smallest absolute Gasteiger partial charge is 0.000517 e. The lowest BCUT2D eigenvalue weighted by molar-refractivity contribution is 0.154. The Hall–Kier alpha value is -0.0800. The summed E-state index contributed by atoms with van der Waals surface area (Å²) < 4.78 is 0. The van der Waals surface area contributed by atoms with Crippen molar-refractivity contribution < 1.29 is 0 Å². The normalized spacial score (nSPS) is 18.5. The van der Waals surface area contributed by atoms with Crippen LogP contribution >= 0.6 is 0 Å². The Bertz CT molecular complexity index is 183. The molecule has 17 heavy (non-hydrogen) atoms. The summed E-state index contributed by atoms with van der Waals surface area (Å²) in [5, 5.41) is 6.85. The second-order valence-electron chi connectivity index (χ2n) is 6.31. The minimum absolute atomic E-state index is 0.490. The van der Waals surface area contributed by atoms with Crippen LogP contribution in [0, 0.1) is 11.3 Å². The van der Waals surface area contributed by atoms with Crippen LogP contribution in [0.15, 0.2) is 0 Å². The van der Waals surface area contributed by atoms with E-state index < -0.39 is 0 Å². The standard InChI is InChI=1S/C15H32N2/c1-15(2,14-9-5-4-6-10-14)13-17-12-8-7-11-16-3/h14,16-17H,4-13H2,1-3H3. The zero-order valence-corrected chi connectivity index (χ0v) is 12.1. The van der Waals surface area contributed by atoms with E-state index in [0.29, 0.717) is 5.41 Å². The van der Waals surface area contributed by atoms with Gasteiger partial charge in [0.05, 0.1) is 0 Å². The predicted molar refractivity (Wildman–Crippen MR) is 76.4 cm³/mol. The van der Waals surface area contributed by atoms with Gasteiger partial charge in [-0.1, -0.05) is 33.1 Å². The fourth-order valence-electron chi connectivity index (χ4n) is 2.99. The second-order valence-corrected chi connectivity index (χ2v) is 6.31. The third-order valence-electron chi connectivity index (χ3n) is 4.32.